The molecule has 2 aliphatic rings. The summed E-state index contributed by atoms with van der Waals surface area (Å²) in [6.45, 7) is 4.67. The van der Waals surface area contributed by atoms with Crippen molar-refractivity contribution in [2.75, 3.05) is 26.2 Å². The summed E-state index contributed by atoms with van der Waals surface area (Å²) in [6.07, 6.45) is 2.69. The van der Waals surface area contributed by atoms with Gasteiger partial charge in [-0.2, -0.15) is 0 Å². The van der Waals surface area contributed by atoms with Crippen molar-refractivity contribution in [2.45, 2.75) is 12.8 Å². The van der Waals surface area contributed by atoms with Crippen LogP contribution in [0.3, 0.4) is 0 Å². The van der Waals surface area contributed by atoms with Crippen molar-refractivity contribution in [1.82, 2.24) is 5.32 Å². The second-order valence-corrected chi connectivity index (χ2v) is 3.28. The van der Waals surface area contributed by atoms with Crippen LogP contribution in [-0.2, 0) is 32.7 Å². The van der Waals surface area contributed by atoms with Crippen LogP contribution in [-0.4, -0.2) is 26.2 Å². The van der Waals surface area contributed by atoms with Gasteiger partial charge in [0.2, 0.25) is 0 Å². The molecular formula is C7H13N2Y+2. The third-order valence-electron chi connectivity index (χ3n) is 2.58. The molecule has 3 heteroatoms. The molecule has 0 amide bonds. The second-order valence-electron chi connectivity index (χ2n) is 3.28. The summed E-state index contributed by atoms with van der Waals surface area (Å²) in [4.78, 5) is 0. The van der Waals surface area contributed by atoms with E-state index in [9.17, 15) is 0 Å². The van der Waals surface area contributed by atoms with E-state index in [4.69, 9.17) is 0 Å². The Morgan fingerprint density at radius 2 is 2.20 bits per heavy atom. The minimum absolute atomic E-state index is 0. The Kier molecular flexibility index (Phi) is 3.30. The minimum atomic E-state index is 0. The molecule has 2 heterocycles. The van der Waals surface area contributed by atoms with Crippen molar-refractivity contribution < 1.29 is 32.7 Å². The van der Waals surface area contributed by atoms with Gasteiger partial charge in [0.15, 0.2) is 0 Å². The molecule has 52 valence electrons. The maximum absolute atomic E-state index is 4.38. The number of rotatable bonds is 0. The number of nitrogens with one attached hydrogen (secondary N) is 1. The van der Waals surface area contributed by atoms with Crippen LogP contribution in [0.25, 0.3) is 5.32 Å². The normalized spacial score (nSPS) is 38.4. The summed E-state index contributed by atoms with van der Waals surface area (Å²) in [6, 6.07) is 0. The molecule has 2 rings (SSSR count). The molecule has 0 aromatic carbocycles. The number of nitrogens with zero attached hydrogens (tertiary/aromatic N) is 1. The third kappa shape index (κ3) is 1.61. The van der Waals surface area contributed by atoms with Gasteiger partial charge in [-0.05, 0) is 24.9 Å². The fourth-order valence-electron chi connectivity index (χ4n) is 1.86. The van der Waals surface area contributed by atoms with Crippen molar-refractivity contribution in [3.8, 4) is 0 Å². The first kappa shape index (κ1) is 9.11. The van der Waals surface area contributed by atoms with Crippen molar-refractivity contribution in [3.05, 3.63) is 5.32 Å². The van der Waals surface area contributed by atoms with E-state index in [2.05, 4.69) is 10.6 Å². The Morgan fingerprint density at radius 3 is 2.70 bits per heavy atom. The zero-order valence-corrected chi connectivity index (χ0v) is 9.11. The first-order valence-electron chi connectivity index (χ1n) is 3.75. The average Bonchev–Trinajstić information content (AvgIpc) is 2.45. The predicted molar refractivity (Wildman–Crippen MR) is 37.6 cm³/mol. The standard InChI is InChI=1S/C7H13N2.Y/c1-3-8-5-7(1)2-4-9-6-7;/h8H,1-6H2;/q-1;+3. The zero-order valence-electron chi connectivity index (χ0n) is 6.27. The molecule has 2 aliphatic heterocycles. The molecule has 0 saturated carbocycles. The Balaban J connectivity index is 0.000000500. The van der Waals surface area contributed by atoms with Crippen LogP contribution in [0, 0.1) is 5.41 Å². The van der Waals surface area contributed by atoms with Crippen molar-refractivity contribution in [1.29, 1.82) is 0 Å². The molecular weight excluding hydrogens is 201 g/mol. The van der Waals surface area contributed by atoms with Gasteiger partial charge >= 0.3 is 32.7 Å². The van der Waals surface area contributed by atoms with Crippen molar-refractivity contribution in [2.24, 2.45) is 5.41 Å². The number of hydrogen-bond acceptors (Lipinski definition) is 1. The maximum Gasteiger partial charge on any atom is 3.00 e. The molecule has 10 heavy (non-hydrogen) atoms. The fraction of sp³-hybridized carbons (Fsp3) is 1.00. The maximum atomic E-state index is 4.38. The Hall–Kier alpha value is 1.02. The van der Waals surface area contributed by atoms with Crippen LogP contribution < -0.4 is 5.32 Å². The topological polar surface area (TPSA) is 26.1 Å². The zero-order chi connectivity index (χ0) is 6.16. The van der Waals surface area contributed by atoms with E-state index >= 15 is 0 Å². The van der Waals surface area contributed by atoms with Gasteiger partial charge in [-0.3, -0.25) is 0 Å². The van der Waals surface area contributed by atoms with Gasteiger partial charge in [-0.1, -0.05) is 6.42 Å². The first-order chi connectivity index (χ1) is 4.41. The summed E-state index contributed by atoms with van der Waals surface area (Å²) in [7, 11) is 0. The molecule has 0 aromatic rings. The molecule has 0 bridgehead atoms. The number of hydrogen-bond donors (Lipinski definition) is 1. The van der Waals surface area contributed by atoms with Gasteiger partial charge in [0.1, 0.15) is 0 Å². The summed E-state index contributed by atoms with van der Waals surface area (Å²) < 4.78 is 0. The molecule has 1 N–H and O–H groups in total. The van der Waals surface area contributed by atoms with E-state index in [1.54, 1.807) is 0 Å². The molecule has 2 fully saturated rings. The van der Waals surface area contributed by atoms with E-state index < -0.39 is 0 Å². The Bertz CT molecular complexity index is 86.7. The largest absolute Gasteiger partial charge is 3.00 e. The van der Waals surface area contributed by atoms with Crippen LogP contribution >= 0.6 is 0 Å². The fourth-order valence-corrected chi connectivity index (χ4v) is 1.86. The Labute approximate surface area is 87.4 Å². The molecule has 0 radical (unpaired) electrons. The van der Waals surface area contributed by atoms with E-state index in [0.717, 1.165) is 13.1 Å². The van der Waals surface area contributed by atoms with Gasteiger partial charge in [0, 0.05) is 0 Å². The van der Waals surface area contributed by atoms with Gasteiger partial charge < -0.3 is 10.6 Å². The van der Waals surface area contributed by atoms with E-state index in [1.165, 1.54) is 25.9 Å². The minimum Gasteiger partial charge on any atom is -0.662 e. The summed E-state index contributed by atoms with van der Waals surface area (Å²) in [5.74, 6) is 0. The SMILES string of the molecule is C1CC2(CCNC2)C[N-]1.[Y+3]. The van der Waals surface area contributed by atoms with Gasteiger partial charge in [-0.25, -0.2) is 0 Å². The van der Waals surface area contributed by atoms with Crippen molar-refractivity contribution >= 4 is 0 Å². The van der Waals surface area contributed by atoms with Crippen molar-refractivity contribution in [3.63, 3.8) is 0 Å². The molecule has 0 aromatic heterocycles. The summed E-state index contributed by atoms with van der Waals surface area (Å²) in [5, 5.41) is 7.77. The average molecular weight is 214 g/mol. The second kappa shape index (κ2) is 3.62. The molecule has 2 saturated heterocycles. The van der Waals surface area contributed by atoms with Gasteiger partial charge in [0.05, 0.1) is 0 Å². The molecule has 1 unspecified atom stereocenters. The summed E-state index contributed by atoms with van der Waals surface area (Å²) in [5.41, 5.74) is 0.611. The molecule has 1 spiro atoms. The predicted octanol–water partition coefficient (Wildman–Crippen LogP) is 0.741. The first-order valence-corrected chi connectivity index (χ1v) is 3.75. The van der Waals surface area contributed by atoms with Crippen LogP contribution in [0.1, 0.15) is 12.8 Å². The monoisotopic (exact) mass is 214 g/mol. The van der Waals surface area contributed by atoms with E-state index in [0.29, 0.717) is 5.41 Å². The van der Waals surface area contributed by atoms with E-state index in [-0.39, 0.29) is 32.7 Å². The quantitative estimate of drug-likeness (QED) is 0.632. The smallest absolute Gasteiger partial charge is 0.662 e. The third-order valence-corrected chi connectivity index (χ3v) is 2.58. The van der Waals surface area contributed by atoms with E-state index in [1.807, 2.05) is 0 Å². The van der Waals surface area contributed by atoms with Crippen LogP contribution in [0.4, 0.5) is 0 Å². The summed E-state index contributed by atoms with van der Waals surface area (Å²) >= 11 is 0. The molecule has 0 aliphatic carbocycles. The van der Waals surface area contributed by atoms with Crippen LogP contribution in [0.2, 0.25) is 0 Å². The van der Waals surface area contributed by atoms with Gasteiger partial charge in [0.25, 0.3) is 0 Å². The molecule has 1 atom stereocenters. The van der Waals surface area contributed by atoms with Crippen LogP contribution in [0.15, 0.2) is 0 Å². The Morgan fingerprint density at radius 1 is 1.30 bits per heavy atom. The van der Waals surface area contributed by atoms with Crippen LogP contribution in [0.5, 0.6) is 0 Å². The van der Waals surface area contributed by atoms with Gasteiger partial charge in [-0.15, -0.1) is 13.1 Å². The molecule has 2 nitrogen and oxygen atoms in total.